The van der Waals surface area contributed by atoms with Crippen LogP contribution in [0.4, 0.5) is 5.00 Å². The molecule has 0 bridgehead atoms. The van der Waals surface area contributed by atoms with Crippen molar-refractivity contribution in [3.05, 3.63) is 55.4 Å². The first-order chi connectivity index (χ1) is 10.5. The van der Waals surface area contributed by atoms with Crippen molar-refractivity contribution < 1.29 is 14.5 Å². The highest BCUT2D eigenvalue weighted by Gasteiger charge is 2.09. The quantitative estimate of drug-likeness (QED) is 0.487. The summed E-state index contributed by atoms with van der Waals surface area (Å²) in [7, 11) is 1.53. The number of nitrogens with zero attached hydrogens (tertiary/aromatic N) is 2. The lowest BCUT2D eigenvalue weighted by atomic mass is 10.2. The van der Waals surface area contributed by atoms with Gasteiger partial charge in [0.1, 0.15) is 5.75 Å². The molecule has 0 saturated heterocycles. The molecule has 0 aliphatic heterocycles. The molecule has 0 unspecified atom stereocenters. The summed E-state index contributed by atoms with van der Waals surface area (Å²) in [4.78, 5) is 22.6. The number of carbonyl (C=O) groups is 1. The van der Waals surface area contributed by atoms with E-state index in [9.17, 15) is 14.9 Å². The molecular formula is C13H10BrN3O4S. The van der Waals surface area contributed by atoms with Crippen LogP contribution in [0.25, 0.3) is 0 Å². The fourth-order valence-electron chi connectivity index (χ4n) is 1.54. The Morgan fingerprint density at radius 2 is 2.23 bits per heavy atom. The van der Waals surface area contributed by atoms with Crippen molar-refractivity contribution in [3.63, 3.8) is 0 Å². The molecule has 0 aliphatic carbocycles. The van der Waals surface area contributed by atoms with Crippen molar-refractivity contribution in [1.82, 2.24) is 5.43 Å². The molecule has 7 nitrogen and oxygen atoms in total. The Labute approximate surface area is 137 Å². The molecule has 0 aliphatic rings. The zero-order valence-corrected chi connectivity index (χ0v) is 13.7. The van der Waals surface area contributed by atoms with Gasteiger partial charge < -0.3 is 4.74 Å². The number of thiophene rings is 1. The fraction of sp³-hybridized carbons (Fsp3) is 0.0769. The molecule has 9 heteroatoms. The third-order valence-electron chi connectivity index (χ3n) is 2.56. The molecule has 114 valence electrons. The van der Waals surface area contributed by atoms with Gasteiger partial charge in [0.25, 0.3) is 5.91 Å². The minimum Gasteiger partial charge on any atom is -0.496 e. The average Bonchev–Trinajstić information content (AvgIpc) is 2.96. The zero-order valence-electron chi connectivity index (χ0n) is 11.3. The van der Waals surface area contributed by atoms with Crippen LogP contribution in [0.15, 0.2) is 39.9 Å². The van der Waals surface area contributed by atoms with Crippen LogP contribution >= 0.6 is 27.3 Å². The lowest BCUT2D eigenvalue weighted by Gasteiger charge is -2.05. The van der Waals surface area contributed by atoms with Crippen molar-refractivity contribution in [2.24, 2.45) is 5.10 Å². The van der Waals surface area contributed by atoms with Gasteiger partial charge in [-0.15, -0.1) is 0 Å². The second-order valence-electron chi connectivity index (χ2n) is 3.98. The number of nitrogens with one attached hydrogen (secondary N) is 1. The average molecular weight is 384 g/mol. The standard InChI is InChI=1S/C13H10BrN3O4S/c1-21-11-4-2-8(6-10(11)14)13(18)16-15-7-9-3-5-12(22-9)17(19)20/h2-7H,1H3,(H,16,18)/b15-7+. The topological polar surface area (TPSA) is 93.8 Å². The van der Waals surface area contributed by atoms with Crippen molar-refractivity contribution in [1.29, 1.82) is 0 Å². The van der Waals surface area contributed by atoms with Gasteiger partial charge in [0.15, 0.2) is 0 Å². The molecule has 1 amide bonds. The Hall–Kier alpha value is -2.26. The molecule has 2 rings (SSSR count). The van der Waals surface area contributed by atoms with Crippen LogP contribution in [-0.4, -0.2) is 24.2 Å². The number of amides is 1. The molecule has 1 heterocycles. The number of nitro groups is 1. The maximum absolute atomic E-state index is 11.9. The molecule has 1 aromatic heterocycles. The van der Waals surface area contributed by atoms with E-state index >= 15 is 0 Å². The first-order valence-electron chi connectivity index (χ1n) is 5.92. The van der Waals surface area contributed by atoms with Gasteiger partial charge in [-0.05, 0) is 40.2 Å². The van der Waals surface area contributed by atoms with E-state index in [1.54, 1.807) is 24.3 Å². The summed E-state index contributed by atoms with van der Waals surface area (Å²) in [5, 5.41) is 14.4. The number of carbonyl (C=O) groups excluding carboxylic acids is 1. The lowest BCUT2D eigenvalue weighted by Crippen LogP contribution is -2.17. The van der Waals surface area contributed by atoms with E-state index in [1.165, 1.54) is 19.4 Å². The van der Waals surface area contributed by atoms with Crippen LogP contribution in [0, 0.1) is 10.1 Å². The van der Waals surface area contributed by atoms with Crippen LogP contribution in [-0.2, 0) is 0 Å². The molecular weight excluding hydrogens is 374 g/mol. The third kappa shape index (κ3) is 3.89. The summed E-state index contributed by atoms with van der Waals surface area (Å²) in [6.07, 6.45) is 1.36. The van der Waals surface area contributed by atoms with Gasteiger partial charge in [0.2, 0.25) is 0 Å². The number of methoxy groups -OCH3 is 1. The molecule has 0 fully saturated rings. The smallest absolute Gasteiger partial charge is 0.324 e. The van der Waals surface area contributed by atoms with E-state index < -0.39 is 10.8 Å². The van der Waals surface area contributed by atoms with Gasteiger partial charge >= 0.3 is 5.00 Å². The lowest BCUT2D eigenvalue weighted by molar-refractivity contribution is -0.380. The first-order valence-corrected chi connectivity index (χ1v) is 7.53. The first kappa shape index (κ1) is 16.1. The Morgan fingerprint density at radius 3 is 2.82 bits per heavy atom. The predicted octanol–water partition coefficient (Wildman–Crippen LogP) is 3.19. The number of benzene rings is 1. The number of hydrazone groups is 1. The summed E-state index contributed by atoms with van der Waals surface area (Å²) in [5.41, 5.74) is 2.76. The molecule has 0 spiro atoms. The minimum absolute atomic E-state index is 0.0202. The molecule has 22 heavy (non-hydrogen) atoms. The normalized spacial score (nSPS) is 10.6. The van der Waals surface area contributed by atoms with Crippen molar-refractivity contribution >= 4 is 44.4 Å². The SMILES string of the molecule is COc1ccc(C(=O)N/N=C/c2ccc([N+](=O)[O-])s2)cc1Br. The maximum atomic E-state index is 11.9. The highest BCUT2D eigenvalue weighted by molar-refractivity contribution is 9.10. The van der Waals surface area contributed by atoms with Crippen molar-refractivity contribution in [2.45, 2.75) is 0 Å². The summed E-state index contributed by atoms with van der Waals surface area (Å²) in [6, 6.07) is 7.81. The second-order valence-corrected chi connectivity index (χ2v) is 5.93. The molecule has 0 radical (unpaired) electrons. The number of hydrogen-bond donors (Lipinski definition) is 1. The second kappa shape index (κ2) is 7.14. The van der Waals surface area contributed by atoms with Gasteiger partial charge in [0, 0.05) is 11.6 Å². The zero-order chi connectivity index (χ0) is 16.1. The van der Waals surface area contributed by atoms with E-state index in [1.807, 2.05) is 0 Å². The molecule has 1 N–H and O–H groups in total. The predicted molar refractivity (Wildman–Crippen MR) is 86.7 cm³/mol. The van der Waals surface area contributed by atoms with Crippen LogP contribution in [0.1, 0.15) is 15.2 Å². The van der Waals surface area contributed by atoms with E-state index in [-0.39, 0.29) is 5.00 Å². The number of ether oxygens (including phenoxy) is 1. The Kier molecular flexibility index (Phi) is 5.23. The van der Waals surface area contributed by atoms with Crippen LogP contribution in [0.5, 0.6) is 5.75 Å². The Morgan fingerprint density at radius 1 is 1.45 bits per heavy atom. The summed E-state index contributed by atoms with van der Waals surface area (Å²) in [5.74, 6) is 0.219. The number of hydrogen-bond acceptors (Lipinski definition) is 6. The Bertz CT molecular complexity index is 745. The van der Waals surface area contributed by atoms with Crippen LogP contribution in [0.3, 0.4) is 0 Å². The summed E-state index contributed by atoms with van der Waals surface area (Å²) < 4.78 is 5.73. The van der Waals surface area contributed by atoms with Gasteiger partial charge in [-0.1, -0.05) is 11.3 Å². The van der Waals surface area contributed by atoms with Crippen LogP contribution < -0.4 is 10.2 Å². The van der Waals surface area contributed by atoms with E-state index in [0.717, 1.165) is 11.3 Å². The molecule has 1 aromatic carbocycles. The van der Waals surface area contributed by atoms with Gasteiger partial charge in [-0.3, -0.25) is 14.9 Å². The highest BCUT2D eigenvalue weighted by Crippen LogP contribution is 2.25. The van der Waals surface area contributed by atoms with Gasteiger partial charge in [-0.25, -0.2) is 5.43 Å². The highest BCUT2D eigenvalue weighted by atomic mass is 79.9. The van der Waals surface area contributed by atoms with E-state index in [2.05, 4.69) is 26.5 Å². The summed E-state index contributed by atoms with van der Waals surface area (Å²) >= 11 is 4.26. The van der Waals surface area contributed by atoms with Gasteiger partial charge in [0.05, 0.1) is 27.6 Å². The largest absolute Gasteiger partial charge is 0.496 e. The maximum Gasteiger partial charge on any atom is 0.324 e. The molecule has 2 aromatic rings. The Balaban J connectivity index is 2.01. The van der Waals surface area contributed by atoms with Crippen molar-refractivity contribution in [2.75, 3.05) is 7.11 Å². The third-order valence-corrected chi connectivity index (χ3v) is 4.16. The number of halogens is 1. The molecule has 0 atom stereocenters. The van der Waals surface area contributed by atoms with Crippen molar-refractivity contribution in [3.8, 4) is 5.75 Å². The van der Waals surface area contributed by atoms with E-state index in [0.29, 0.717) is 20.7 Å². The van der Waals surface area contributed by atoms with E-state index in [4.69, 9.17) is 4.74 Å². The minimum atomic E-state index is -0.477. The van der Waals surface area contributed by atoms with Crippen LogP contribution in [0.2, 0.25) is 0 Å². The molecule has 0 saturated carbocycles. The number of rotatable bonds is 5. The fourth-order valence-corrected chi connectivity index (χ4v) is 2.77. The summed E-state index contributed by atoms with van der Waals surface area (Å²) in [6.45, 7) is 0. The van der Waals surface area contributed by atoms with Gasteiger partial charge in [-0.2, -0.15) is 5.10 Å². The monoisotopic (exact) mass is 383 g/mol.